The number of fused-ring (bicyclic) bond motifs is 2. The molecule has 0 spiro atoms. The summed E-state index contributed by atoms with van der Waals surface area (Å²) in [5, 5.41) is 28.1. The van der Waals surface area contributed by atoms with Crippen molar-refractivity contribution < 1.29 is 24.9 Å². The normalized spacial score (nSPS) is 28.5. The van der Waals surface area contributed by atoms with Crippen LogP contribution in [0, 0.1) is 5.92 Å². The average molecular weight is 264 g/mol. The van der Waals surface area contributed by atoms with Crippen LogP contribution in [0.15, 0.2) is 12.1 Å². The zero-order chi connectivity index (χ0) is 13.6. The van der Waals surface area contributed by atoms with Gasteiger partial charge in [-0.3, -0.25) is 0 Å². The fourth-order valence-corrected chi connectivity index (χ4v) is 3.26. The number of benzene rings is 1. The van der Waals surface area contributed by atoms with E-state index in [0.29, 0.717) is 5.92 Å². The number of aromatic hydroxyl groups is 3. The number of carbonyl (C=O) groups is 1. The summed E-state index contributed by atoms with van der Waals surface area (Å²) in [5.74, 6) is -1.58. The molecule has 19 heavy (non-hydrogen) atoms. The average Bonchev–Trinajstić information content (AvgIpc) is 2.95. The predicted octanol–water partition coefficient (Wildman–Crippen LogP) is 2.29. The summed E-state index contributed by atoms with van der Waals surface area (Å²) in [5.41, 5.74) is -0.303. The predicted molar refractivity (Wildman–Crippen MR) is 66.2 cm³/mol. The molecule has 2 aliphatic carbocycles. The third-order valence-electron chi connectivity index (χ3n) is 4.29. The first-order chi connectivity index (χ1) is 8.99. The number of rotatable bonds is 2. The number of phenolic OH excluding ortho intramolecular Hbond substituents is 3. The molecule has 3 N–H and O–H groups in total. The van der Waals surface area contributed by atoms with E-state index in [1.165, 1.54) is 0 Å². The lowest BCUT2D eigenvalue weighted by Gasteiger charge is -2.26. The Morgan fingerprint density at radius 3 is 2.21 bits per heavy atom. The third kappa shape index (κ3) is 1.99. The minimum absolute atomic E-state index is 0.0533. The van der Waals surface area contributed by atoms with E-state index < -0.39 is 23.2 Å². The van der Waals surface area contributed by atoms with Crippen molar-refractivity contribution in [3.8, 4) is 17.2 Å². The van der Waals surface area contributed by atoms with E-state index in [0.717, 1.165) is 44.2 Å². The van der Waals surface area contributed by atoms with Gasteiger partial charge in [0.2, 0.25) is 0 Å². The van der Waals surface area contributed by atoms with E-state index in [-0.39, 0.29) is 11.2 Å². The van der Waals surface area contributed by atoms with Crippen molar-refractivity contribution in [2.75, 3.05) is 0 Å². The molecule has 0 unspecified atom stereocenters. The molecular formula is C14H16O5. The summed E-state index contributed by atoms with van der Waals surface area (Å²) in [6, 6.07) is 2.21. The van der Waals surface area contributed by atoms with Gasteiger partial charge in [0.1, 0.15) is 5.60 Å². The lowest BCUT2D eigenvalue weighted by molar-refractivity contribution is -0.0132. The molecule has 2 bridgehead atoms. The van der Waals surface area contributed by atoms with Gasteiger partial charge in [-0.25, -0.2) is 4.79 Å². The summed E-state index contributed by atoms with van der Waals surface area (Å²) in [7, 11) is 0. The number of phenols is 3. The number of hydrogen-bond acceptors (Lipinski definition) is 5. The summed E-state index contributed by atoms with van der Waals surface area (Å²) >= 11 is 0. The van der Waals surface area contributed by atoms with Gasteiger partial charge in [-0.05, 0) is 50.2 Å². The highest BCUT2D eigenvalue weighted by atomic mass is 16.6. The van der Waals surface area contributed by atoms with Crippen molar-refractivity contribution in [1.29, 1.82) is 0 Å². The number of carbonyl (C=O) groups excluding carboxylic acids is 1. The van der Waals surface area contributed by atoms with Crippen LogP contribution in [-0.2, 0) is 4.74 Å². The second kappa shape index (κ2) is 4.05. The molecule has 0 amide bonds. The minimum atomic E-state index is -0.628. The Morgan fingerprint density at radius 2 is 1.74 bits per heavy atom. The van der Waals surface area contributed by atoms with Gasteiger partial charge in [0.15, 0.2) is 17.2 Å². The molecule has 0 radical (unpaired) electrons. The molecule has 102 valence electrons. The number of ether oxygens (including phenoxy) is 1. The number of esters is 1. The molecule has 2 fully saturated rings. The maximum atomic E-state index is 12.1. The second-order valence-corrected chi connectivity index (χ2v) is 5.58. The maximum Gasteiger partial charge on any atom is 0.338 e. The zero-order valence-electron chi connectivity index (χ0n) is 10.4. The van der Waals surface area contributed by atoms with Crippen LogP contribution in [0.25, 0.3) is 0 Å². The van der Waals surface area contributed by atoms with Gasteiger partial charge < -0.3 is 20.1 Å². The van der Waals surface area contributed by atoms with Crippen LogP contribution >= 0.6 is 0 Å². The van der Waals surface area contributed by atoms with Gasteiger partial charge in [-0.2, -0.15) is 0 Å². The molecule has 1 aromatic carbocycles. The van der Waals surface area contributed by atoms with Crippen LogP contribution in [0.3, 0.4) is 0 Å². The Labute approximate surface area is 110 Å². The van der Waals surface area contributed by atoms with Crippen LogP contribution in [0.4, 0.5) is 0 Å². The monoisotopic (exact) mass is 264 g/mol. The first-order valence-electron chi connectivity index (χ1n) is 6.47. The van der Waals surface area contributed by atoms with Crippen LogP contribution in [0.5, 0.6) is 17.2 Å². The molecule has 0 atom stereocenters. The van der Waals surface area contributed by atoms with Crippen molar-refractivity contribution in [3.63, 3.8) is 0 Å². The third-order valence-corrected chi connectivity index (χ3v) is 4.29. The lowest BCUT2D eigenvalue weighted by Crippen LogP contribution is -2.30. The first-order valence-corrected chi connectivity index (χ1v) is 6.47. The molecule has 0 aromatic heterocycles. The molecule has 2 saturated carbocycles. The molecule has 5 nitrogen and oxygen atoms in total. The van der Waals surface area contributed by atoms with Crippen molar-refractivity contribution in [2.45, 2.75) is 37.7 Å². The lowest BCUT2D eigenvalue weighted by atomic mass is 9.97. The molecule has 0 saturated heterocycles. The fourth-order valence-electron chi connectivity index (χ4n) is 3.26. The van der Waals surface area contributed by atoms with Gasteiger partial charge in [0.25, 0.3) is 0 Å². The topological polar surface area (TPSA) is 87.0 Å². The first kappa shape index (κ1) is 12.1. The Morgan fingerprint density at radius 1 is 1.16 bits per heavy atom. The van der Waals surface area contributed by atoms with Gasteiger partial charge in [0, 0.05) is 0 Å². The van der Waals surface area contributed by atoms with Crippen molar-refractivity contribution in [3.05, 3.63) is 17.7 Å². The Balaban J connectivity index is 1.81. The van der Waals surface area contributed by atoms with Crippen LogP contribution in [-0.4, -0.2) is 26.9 Å². The zero-order valence-corrected chi connectivity index (χ0v) is 10.4. The Bertz CT molecular complexity index is 506. The Hall–Kier alpha value is -1.91. The summed E-state index contributed by atoms with van der Waals surface area (Å²) < 4.78 is 5.58. The smallest absolute Gasteiger partial charge is 0.338 e. The second-order valence-electron chi connectivity index (χ2n) is 5.58. The molecule has 0 aliphatic heterocycles. The van der Waals surface area contributed by atoms with E-state index in [4.69, 9.17) is 4.74 Å². The van der Waals surface area contributed by atoms with Gasteiger partial charge >= 0.3 is 5.97 Å². The van der Waals surface area contributed by atoms with Gasteiger partial charge in [-0.15, -0.1) is 0 Å². The summed E-state index contributed by atoms with van der Waals surface area (Å²) in [6.45, 7) is 0. The molecule has 2 aliphatic rings. The van der Waals surface area contributed by atoms with Crippen LogP contribution in [0.2, 0.25) is 0 Å². The molecule has 3 rings (SSSR count). The summed E-state index contributed by atoms with van der Waals surface area (Å²) in [6.07, 6.45) is 4.88. The van der Waals surface area contributed by atoms with Crippen molar-refractivity contribution >= 4 is 5.97 Å². The van der Waals surface area contributed by atoms with Crippen molar-refractivity contribution in [2.24, 2.45) is 5.92 Å². The molecule has 0 heterocycles. The summed E-state index contributed by atoms with van der Waals surface area (Å²) in [4.78, 5) is 12.1. The molecular weight excluding hydrogens is 248 g/mol. The highest BCUT2D eigenvalue weighted by Gasteiger charge is 2.47. The van der Waals surface area contributed by atoms with E-state index in [1.807, 2.05) is 0 Å². The quantitative estimate of drug-likeness (QED) is 0.563. The Kier molecular flexibility index (Phi) is 2.59. The molecule has 1 aromatic rings. The van der Waals surface area contributed by atoms with Crippen LogP contribution < -0.4 is 0 Å². The van der Waals surface area contributed by atoms with E-state index in [9.17, 15) is 20.1 Å². The largest absolute Gasteiger partial charge is 0.504 e. The fraction of sp³-hybridized carbons (Fsp3) is 0.500. The van der Waals surface area contributed by atoms with E-state index in [2.05, 4.69) is 0 Å². The number of hydrogen-bond donors (Lipinski definition) is 3. The van der Waals surface area contributed by atoms with Crippen LogP contribution in [0.1, 0.15) is 42.5 Å². The van der Waals surface area contributed by atoms with E-state index in [1.54, 1.807) is 0 Å². The standard InChI is InChI=1S/C14H16O5/c15-10-5-9(6-11(16)12(10)17)13(18)19-14-3-1-8(7-14)2-4-14/h5-6,8,15-17H,1-4,7H2. The minimum Gasteiger partial charge on any atom is -0.504 e. The van der Waals surface area contributed by atoms with Gasteiger partial charge in [0.05, 0.1) is 5.56 Å². The van der Waals surface area contributed by atoms with Crippen molar-refractivity contribution in [1.82, 2.24) is 0 Å². The van der Waals surface area contributed by atoms with Gasteiger partial charge in [-0.1, -0.05) is 0 Å². The molecule has 5 heteroatoms. The SMILES string of the molecule is O=C(OC12CCC(CC1)C2)c1cc(O)c(O)c(O)c1. The van der Waals surface area contributed by atoms with E-state index >= 15 is 0 Å². The maximum absolute atomic E-state index is 12.1. The highest BCUT2D eigenvalue weighted by molar-refractivity contribution is 5.91. The highest BCUT2D eigenvalue weighted by Crippen LogP contribution is 2.50.